The van der Waals surface area contributed by atoms with E-state index in [0.29, 0.717) is 12.2 Å². The lowest BCUT2D eigenvalue weighted by atomic mass is 10.3. The van der Waals surface area contributed by atoms with Crippen molar-refractivity contribution in [2.24, 2.45) is 0 Å². The van der Waals surface area contributed by atoms with Crippen LogP contribution in [-0.4, -0.2) is 34.4 Å². The van der Waals surface area contributed by atoms with Gasteiger partial charge in [-0.15, -0.1) is 10.2 Å². The van der Waals surface area contributed by atoms with Crippen molar-refractivity contribution in [3.05, 3.63) is 30.4 Å². The van der Waals surface area contributed by atoms with Gasteiger partial charge in [0.25, 0.3) is 0 Å². The Bertz CT molecular complexity index is 638. The summed E-state index contributed by atoms with van der Waals surface area (Å²) in [6.45, 7) is 6.71. The normalized spacial score (nSPS) is 12.6. The second kappa shape index (κ2) is 6.79. The molecule has 0 atom stereocenters. The number of alkyl halides is 3. The zero-order valence-electron chi connectivity index (χ0n) is 13.3. The summed E-state index contributed by atoms with van der Waals surface area (Å²) in [6.07, 6.45) is -1.60. The highest BCUT2D eigenvalue weighted by Crippen LogP contribution is 2.30. The van der Waals surface area contributed by atoms with Crippen LogP contribution in [0.3, 0.4) is 0 Å². The zero-order valence-corrected chi connectivity index (χ0v) is 14.3. The van der Waals surface area contributed by atoms with Crippen molar-refractivity contribution in [1.82, 2.24) is 19.7 Å². The number of hydrogen-bond donors (Lipinski definition) is 0. The van der Waals surface area contributed by atoms with Gasteiger partial charge in [-0.1, -0.05) is 19.6 Å². The number of hydrogen-bond acceptors (Lipinski definition) is 4. The Morgan fingerprint density at radius 2 is 1.96 bits per heavy atom. The van der Waals surface area contributed by atoms with E-state index in [2.05, 4.69) is 34.8 Å². The first-order valence-electron chi connectivity index (χ1n) is 7.17. The van der Waals surface area contributed by atoms with Crippen LogP contribution in [0.4, 0.5) is 13.2 Å². The molecule has 2 heterocycles. The molecule has 2 aromatic heterocycles. The summed E-state index contributed by atoms with van der Waals surface area (Å²) >= 11 is 0. The highest BCUT2D eigenvalue weighted by atomic mass is 28.3. The molecule has 0 aliphatic rings. The van der Waals surface area contributed by atoms with Crippen LogP contribution in [0, 0.1) is 0 Å². The number of pyridine rings is 1. The Hall–Kier alpha value is -1.74. The van der Waals surface area contributed by atoms with Crippen molar-refractivity contribution < 1.29 is 17.9 Å². The topological polar surface area (TPSA) is 52.8 Å². The number of rotatable bonds is 6. The summed E-state index contributed by atoms with van der Waals surface area (Å²) in [5, 5.41) is 6.94. The number of halogens is 3. The maximum absolute atomic E-state index is 13.1. The molecule has 0 amide bonds. The van der Waals surface area contributed by atoms with E-state index in [0.717, 1.165) is 10.6 Å². The van der Waals surface area contributed by atoms with Gasteiger partial charge in [0.05, 0.1) is 0 Å². The lowest BCUT2D eigenvalue weighted by molar-refractivity contribution is -0.149. The van der Waals surface area contributed by atoms with Crippen LogP contribution in [0.5, 0.6) is 0 Å². The van der Waals surface area contributed by atoms with Gasteiger partial charge < -0.3 is 4.74 Å². The Morgan fingerprint density at radius 1 is 1.22 bits per heavy atom. The van der Waals surface area contributed by atoms with E-state index in [1.54, 1.807) is 18.3 Å². The number of nitrogens with zero attached hydrogens (tertiary/aromatic N) is 4. The fourth-order valence-corrected chi connectivity index (χ4v) is 2.63. The predicted octanol–water partition coefficient (Wildman–Crippen LogP) is 3.67. The van der Waals surface area contributed by atoms with Gasteiger partial charge >= 0.3 is 6.18 Å². The highest BCUT2D eigenvalue weighted by molar-refractivity contribution is 6.76. The Labute approximate surface area is 133 Å². The van der Waals surface area contributed by atoms with Crippen LogP contribution >= 0.6 is 0 Å². The van der Waals surface area contributed by atoms with Crippen LogP contribution < -0.4 is 0 Å². The molecule has 126 valence electrons. The van der Waals surface area contributed by atoms with Gasteiger partial charge in [0.1, 0.15) is 6.73 Å². The van der Waals surface area contributed by atoms with Crippen LogP contribution in [0.1, 0.15) is 5.82 Å². The van der Waals surface area contributed by atoms with Gasteiger partial charge in [-0.2, -0.15) is 13.2 Å². The Balaban J connectivity index is 2.22. The quantitative estimate of drug-likeness (QED) is 0.593. The third-order valence-electron chi connectivity index (χ3n) is 3.14. The maximum Gasteiger partial charge on any atom is 0.451 e. The molecule has 0 fully saturated rings. The fourth-order valence-electron chi connectivity index (χ4n) is 1.88. The molecule has 0 radical (unpaired) electrons. The average Bonchev–Trinajstić information content (AvgIpc) is 2.87. The van der Waals surface area contributed by atoms with Crippen LogP contribution in [0.25, 0.3) is 11.4 Å². The summed E-state index contributed by atoms with van der Waals surface area (Å²) in [4.78, 5) is 3.90. The molecular weight excluding hydrogens is 325 g/mol. The molecule has 0 N–H and O–H groups in total. The maximum atomic E-state index is 13.1. The van der Waals surface area contributed by atoms with E-state index in [1.807, 2.05) is 0 Å². The molecule has 2 rings (SSSR count). The van der Waals surface area contributed by atoms with Crippen LogP contribution in [0.2, 0.25) is 25.7 Å². The molecule has 5 nitrogen and oxygen atoms in total. The molecule has 0 bridgehead atoms. The molecule has 0 aliphatic carbocycles. The molecule has 0 spiro atoms. The monoisotopic (exact) mass is 344 g/mol. The van der Waals surface area contributed by atoms with Crippen LogP contribution in [0.15, 0.2) is 24.5 Å². The summed E-state index contributed by atoms with van der Waals surface area (Å²) in [7, 11) is -1.30. The van der Waals surface area contributed by atoms with Gasteiger partial charge in [-0.05, 0) is 18.2 Å². The van der Waals surface area contributed by atoms with Crippen molar-refractivity contribution >= 4 is 8.07 Å². The van der Waals surface area contributed by atoms with Gasteiger partial charge in [0.2, 0.25) is 5.82 Å². The lowest BCUT2D eigenvalue weighted by Crippen LogP contribution is -2.23. The Kier molecular flexibility index (Phi) is 5.20. The van der Waals surface area contributed by atoms with E-state index in [1.165, 1.54) is 6.20 Å². The molecule has 0 aromatic carbocycles. The summed E-state index contributed by atoms with van der Waals surface area (Å²) < 4.78 is 45.7. The lowest BCUT2D eigenvalue weighted by Gasteiger charge is -2.17. The standard InChI is InChI=1S/C14H19F3N4OSi/c1-23(2,3)8-7-22-10-21-12(11-5-4-6-18-9-11)19-20-13(21)14(15,16)17/h4-6,9H,7-8,10H2,1-3H3. The third kappa shape index (κ3) is 4.86. The third-order valence-corrected chi connectivity index (χ3v) is 4.84. The molecule has 0 aliphatic heterocycles. The molecule has 2 aromatic rings. The summed E-state index contributed by atoms with van der Waals surface area (Å²) in [5.41, 5.74) is 0.462. The van der Waals surface area contributed by atoms with E-state index in [-0.39, 0.29) is 12.6 Å². The average molecular weight is 344 g/mol. The summed E-state index contributed by atoms with van der Waals surface area (Å²) in [6, 6.07) is 4.14. The van der Waals surface area contributed by atoms with Crippen molar-refractivity contribution in [3.8, 4) is 11.4 Å². The first-order chi connectivity index (χ1) is 10.7. The van der Waals surface area contributed by atoms with Crippen molar-refractivity contribution in [2.75, 3.05) is 6.61 Å². The Morgan fingerprint density at radius 3 is 2.52 bits per heavy atom. The molecule has 0 saturated heterocycles. The molecule has 23 heavy (non-hydrogen) atoms. The van der Waals surface area contributed by atoms with E-state index in [4.69, 9.17) is 4.74 Å². The van der Waals surface area contributed by atoms with Gasteiger partial charge in [0, 0.05) is 32.6 Å². The van der Waals surface area contributed by atoms with Crippen molar-refractivity contribution in [2.45, 2.75) is 38.6 Å². The largest absolute Gasteiger partial charge is 0.451 e. The van der Waals surface area contributed by atoms with Crippen LogP contribution in [-0.2, 0) is 17.6 Å². The minimum absolute atomic E-state index is 0.0958. The van der Waals surface area contributed by atoms with Gasteiger partial charge in [-0.3, -0.25) is 9.55 Å². The van der Waals surface area contributed by atoms with Crippen molar-refractivity contribution in [1.29, 1.82) is 0 Å². The van der Waals surface area contributed by atoms with E-state index in [9.17, 15) is 13.2 Å². The molecule has 0 unspecified atom stereocenters. The fraction of sp³-hybridized carbons (Fsp3) is 0.500. The number of aromatic nitrogens is 4. The second-order valence-electron chi connectivity index (χ2n) is 6.36. The SMILES string of the molecule is C[Si](C)(C)CCOCn1c(-c2cccnc2)nnc1C(F)(F)F. The number of ether oxygens (including phenoxy) is 1. The van der Waals surface area contributed by atoms with E-state index >= 15 is 0 Å². The first-order valence-corrected chi connectivity index (χ1v) is 10.9. The highest BCUT2D eigenvalue weighted by Gasteiger charge is 2.38. The van der Waals surface area contributed by atoms with Crippen molar-refractivity contribution in [3.63, 3.8) is 0 Å². The molecular formula is C14H19F3N4OSi. The van der Waals surface area contributed by atoms with Gasteiger partial charge in [0.15, 0.2) is 5.82 Å². The van der Waals surface area contributed by atoms with Gasteiger partial charge in [-0.25, -0.2) is 0 Å². The summed E-state index contributed by atoms with van der Waals surface area (Å²) in [5.74, 6) is -0.970. The zero-order chi connectivity index (χ0) is 17.1. The molecule has 9 heteroatoms. The minimum Gasteiger partial charge on any atom is -0.361 e. The molecule has 0 saturated carbocycles. The first kappa shape index (κ1) is 17.6. The van der Waals surface area contributed by atoms with E-state index < -0.39 is 20.1 Å². The predicted molar refractivity (Wildman–Crippen MR) is 82.4 cm³/mol. The minimum atomic E-state index is -4.59. The second-order valence-corrected chi connectivity index (χ2v) is 12.0. The smallest absolute Gasteiger partial charge is 0.361 e.